The van der Waals surface area contributed by atoms with Crippen LogP contribution in [0, 0.1) is 29.1 Å². The van der Waals surface area contributed by atoms with E-state index in [1.54, 1.807) is 6.07 Å². The van der Waals surface area contributed by atoms with Gasteiger partial charge in [-0.25, -0.2) is 26.9 Å². The number of benzene rings is 1. The van der Waals surface area contributed by atoms with E-state index in [4.69, 9.17) is 0 Å². The van der Waals surface area contributed by atoms with Crippen molar-refractivity contribution in [1.82, 2.24) is 4.98 Å². The fourth-order valence-corrected chi connectivity index (χ4v) is 1.55. The highest BCUT2D eigenvalue weighted by Gasteiger charge is 2.28. The lowest BCUT2D eigenvalue weighted by molar-refractivity contribution is 0.380. The Balaban J connectivity index is 2.64. The smallest absolute Gasteiger partial charge is 0.200 e. The largest absolute Gasteiger partial charge is 0.324 e. The van der Waals surface area contributed by atoms with E-state index in [1.807, 2.05) is 0 Å². The summed E-state index contributed by atoms with van der Waals surface area (Å²) in [5.74, 6) is -9.92. The summed E-state index contributed by atoms with van der Waals surface area (Å²) < 4.78 is 66.1. The number of aromatic nitrogens is 1. The van der Waals surface area contributed by atoms with Crippen molar-refractivity contribution in [3.05, 3.63) is 53.5 Å². The molecule has 0 atom stereocenters. The lowest BCUT2D eigenvalue weighted by atomic mass is 10.2. The first-order valence-electron chi connectivity index (χ1n) is 5.11. The number of hydrogen-bond acceptors (Lipinski definition) is 2. The van der Waals surface area contributed by atoms with E-state index >= 15 is 0 Å². The van der Waals surface area contributed by atoms with Crippen molar-refractivity contribution in [3.8, 4) is 0 Å². The van der Waals surface area contributed by atoms with Crippen molar-refractivity contribution < 1.29 is 22.0 Å². The minimum atomic E-state index is -2.19. The first kappa shape index (κ1) is 13.3. The fourth-order valence-electron chi connectivity index (χ4n) is 1.55. The highest BCUT2D eigenvalue weighted by Crippen LogP contribution is 2.32. The standard InChI is InChI=1S/C12H7F5N2/c1-19(6-4-2-3-5-18-6)12-10(16)8(14)7(13)9(15)11(12)17/h2-5H,1H3. The second-order valence-electron chi connectivity index (χ2n) is 3.67. The normalized spacial score (nSPS) is 10.6. The van der Waals surface area contributed by atoms with Crippen molar-refractivity contribution in [2.75, 3.05) is 11.9 Å². The van der Waals surface area contributed by atoms with Gasteiger partial charge in [-0.1, -0.05) is 6.07 Å². The molecular formula is C12H7F5N2. The quantitative estimate of drug-likeness (QED) is 0.473. The van der Waals surface area contributed by atoms with Crippen molar-refractivity contribution in [1.29, 1.82) is 0 Å². The van der Waals surface area contributed by atoms with Crippen molar-refractivity contribution in [2.24, 2.45) is 0 Å². The Hall–Kier alpha value is -2.18. The molecule has 0 saturated heterocycles. The van der Waals surface area contributed by atoms with Gasteiger partial charge >= 0.3 is 0 Å². The van der Waals surface area contributed by atoms with Crippen LogP contribution in [0.25, 0.3) is 0 Å². The van der Waals surface area contributed by atoms with E-state index < -0.39 is 34.8 Å². The third kappa shape index (κ3) is 2.11. The average Bonchev–Trinajstić information content (AvgIpc) is 2.44. The van der Waals surface area contributed by atoms with Crippen LogP contribution >= 0.6 is 0 Å². The predicted molar refractivity (Wildman–Crippen MR) is 58.5 cm³/mol. The first-order chi connectivity index (χ1) is 8.95. The molecular weight excluding hydrogens is 267 g/mol. The second-order valence-corrected chi connectivity index (χ2v) is 3.67. The first-order valence-corrected chi connectivity index (χ1v) is 5.11. The predicted octanol–water partition coefficient (Wildman–Crippen LogP) is 3.55. The molecule has 7 heteroatoms. The van der Waals surface area contributed by atoms with Gasteiger partial charge in [-0.3, -0.25) is 0 Å². The molecule has 0 aliphatic rings. The third-order valence-electron chi connectivity index (χ3n) is 2.51. The van der Waals surface area contributed by atoms with E-state index in [1.165, 1.54) is 18.3 Å². The van der Waals surface area contributed by atoms with Gasteiger partial charge in [-0.2, -0.15) is 0 Å². The van der Waals surface area contributed by atoms with Crippen molar-refractivity contribution in [3.63, 3.8) is 0 Å². The van der Waals surface area contributed by atoms with E-state index in [2.05, 4.69) is 4.98 Å². The van der Waals surface area contributed by atoms with Crippen molar-refractivity contribution in [2.45, 2.75) is 0 Å². The Bertz CT molecular complexity index is 586. The average molecular weight is 274 g/mol. The van der Waals surface area contributed by atoms with Gasteiger partial charge in [0.2, 0.25) is 5.82 Å². The molecule has 2 aromatic rings. The highest BCUT2D eigenvalue weighted by atomic mass is 19.2. The topological polar surface area (TPSA) is 16.1 Å². The van der Waals surface area contributed by atoms with Gasteiger partial charge in [0.15, 0.2) is 23.3 Å². The molecule has 0 aliphatic carbocycles. The summed E-state index contributed by atoms with van der Waals surface area (Å²) in [6, 6.07) is 4.44. The van der Waals surface area contributed by atoms with Gasteiger partial charge in [-0.15, -0.1) is 0 Å². The zero-order valence-corrected chi connectivity index (χ0v) is 9.59. The van der Waals surface area contributed by atoms with Crippen LogP contribution in [0.1, 0.15) is 0 Å². The maximum Gasteiger partial charge on any atom is 0.200 e. The van der Waals surface area contributed by atoms with Crippen LogP contribution in [0.5, 0.6) is 0 Å². The number of anilines is 2. The van der Waals surface area contributed by atoms with Crippen LogP contribution in [0.15, 0.2) is 24.4 Å². The molecule has 100 valence electrons. The molecule has 0 bridgehead atoms. The Morgan fingerprint density at radius 1 is 0.842 bits per heavy atom. The Morgan fingerprint density at radius 3 is 1.84 bits per heavy atom. The maximum absolute atomic E-state index is 13.5. The summed E-state index contributed by atoms with van der Waals surface area (Å²) in [5.41, 5.74) is -1.05. The molecule has 2 nitrogen and oxygen atoms in total. The van der Waals surface area contributed by atoms with Crippen LogP contribution in [-0.2, 0) is 0 Å². The number of nitrogens with zero attached hydrogens (tertiary/aromatic N) is 2. The van der Waals surface area contributed by atoms with Crippen LogP contribution in [0.3, 0.4) is 0 Å². The van der Waals surface area contributed by atoms with E-state index in [9.17, 15) is 22.0 Å². The van der Waals surface area contributed by atoms with E-state index in [-0.39, 0.29) is 5.82 Å². The monoisotopic (exact) mass is 274 g/mol. The minimum Gasteiger partial charge on any atom is -0.324 e. The molecule has 1 heterocycles. The molecule has 0 radical (unpaired) electrons. The van der Waals surface area contributed by atoms with Crippen molar-refractivity contribution >= 4 is 11.5 Å². The fraction of sp³-hybridized carbons (Fsp3) is 0.0833. The number of hydrogen-bond donors (Lipinski definition) is 0. The van der Waals surface area contributed by atoms with Gasteiger partial charge in [0, 0.05) is 13.2 Å². The number of rotatable bonds is 2. The summed E-state index contributed by atoms with van der Waals surface area (Å²) in [6.45, 7) is 0. The van der Waals surface area contributed by atoms with Gasteiger partial charge < -0.3 is 4.90 Å². The van der Waals surface area contributed by atoms with E-state index in [0.29, 0.717) is 0 Å². The molecule has 0 amide bonds. The molecule has 1 aromatic heterocycles. The molecule has 0 unspecified atom stereocenters. The summed E-state index contributed by atoms with van der Waals surface area (Å²) >= 11 is 0. The lowest BCUT2D eigenvalue weighted by Gasteiger charge is -2.20. The molecule has 0 saturated carbocycles. The van der Waals surface area contributed by atoms with Gasteiger partial charge in [0.05, 0.1) is 0 Å². The summed E-state index contributed by atoms with van der Waals surface area (Å²) in [4.78, 5) is 4.56. The number of pyridine rings is 1. The molecule has 0 fully saturated rings. The molecule has 19 heavy (non-hydrogen) atoms. The SMILES string of the molecule is CN(c1ccccn1)c1c(F)c(F)c(F)c(F)c1F. The molecule has 2 rings (SSSR count). The van der Waals surface area contributed by atoms with Crippen LogP contribution in [-0.4, -0.2) is 12.0 Å². The Labute approximate surface area is 105 Å². The van der Waals surface area contributed by atoms with Gasteiger partial charge in [0.1, 0.15) is 11.5 Å². The van der Waals surface area contributed by atoms with Crippen LogP contribution < -0.4 is 4.90 Å². The zero-order chi connectivity index (χ0) is 14.2. The molecule has 0 N–H and O–H groups in total. The van der Waals surface area contributed by atoms with Crippen LogP contribution in [0.4, 0.5) is 33.5 Å². The maximum atomic E-state index is 13.5. The lowest BCUT2D eigenvalue weighted by Crippen LogP contribution is -2.17. The van der Waals surface area contributed by atoms with Crippen LogP contribution in [0.2, 0.25) is 0 Å². The summed E-state index contributed by atoms with van der Waals surface area (Å²) in [6.07, 6.45) is 1.33. The zero-order valence-electron chi connectivity index (χ0n) is 9.59. The molecule has 0 spiro atoms. The number of halogens is 5. The molecule has 0 aliphatic heterocycles. The summed E-state index contributed by atoms with van der Waals surface area (Å²) in [5, 5.41) is 0. The highest BCUT2D eigenvalue weighted by molar-refractivity contribution is 5.60. The minimum absolute atomic E-state index is 0.0470. The van der Waals surface area contributed by atoms with E-state index in [0.717, 1.165) is 11.9 Å². The Kier molecular flexibility index (Phi) is 3.37. The second kappa shape index (κ2) is 4.83. The van der Waals surface area contributed by atoms with Gasteiger partial charge in [-0.05, 0) is 12.1 Å². The summed E-state index contributed by atoms with van der Waals surface area (Å²) in [7, 11) is 1.15. The Morgan fingerprint density at radius 2 is 1.37 bits per heavy atom. The molecule has 1 aromatic carbocycles. The van der Waals surface area contributed by atoms with Gasteiger partial charge in [0.25, 0.3) is 0 Å². The third-order valence-corrected chi connectivity index (χ3v) is 2.51.